The number of halogens is 1. The van der Waals surface area contributed by atoms with Crippen molar-refractivity contribution in [2.45, 2.75) is 11.8 Å². The van der Waals surface area contributed by atoms with E-state index in [9.17, 15) is 27.7 Å². The molecule has 0 unspecified atom stereocenters. The molecule has 0 saturated heterocycles. The lowest BCUT2D eigenvalue weighted by molar-refractivity contribution is -0.385. The largest absolute Gasteiger partial charge is 0.415 e. The van der Waals surface area contributed by atoms with E-state index in [-0.39, 0.29) is 16.2 Å². The predicted octanol–water partition coefficient (Wildman–Crippen LogP) is 2.75. The van der Waals surface area contributed by atoms with Gasteiger partial charge < -0.3 is 4.74 Å². The molecule has 2 aromatic rings. The Morgan fingerprint density at radius 2 is 1.83 bits per heavy atom. The van der Waals surface area contributed by atoms with Gasteiger partial charge in [0.25, 0.3) is 0 Å². The normalized spacial score (nSPS) is 11.1. The first-order valence-electron chi connectivity index (χ1n) is 6.73. The first kappa shape index (κ1) is 17.5. The number of ether oxygens (including phenoxy) is 1. The van der Waals surface area contributed by atoms with Crippen LogP contribution in [0.5, 0.6) is 5.75 Å². The van der Waals surface area contributed by atoms with Crippen LogP contribution in [0.3, 0.4) is 0 Å². The van der Waals surface area contributed by atoms with E-state index in [1.54, 1.807) is 0 Å². The minimum absolute atomic E-state index is 0.0244. The van der Waals surface area contributed by atoms with Gasteiger partial charge in [-0.1, -0.05) is 6.92 Å². The van der Waals surface area contributed by atoms with Crippen molar-refractivity contribution in [1.29, 1.82) is 0 Å². The van der Waals surface area contributed by atoms with Crippen LogP contribution in [0.25, 0.3) is 0 Å². The van der Waals surface area contributed by atoms with Gasteiger partial charge in [0.1, 0.15) is 5.82 Å². The molecule has 0 fully saturated rings. The Hall–Kier alpha value is -2.81. The number of sulfone groups is 1. The highest BCUT2D eigenvalue weighted by Gasteiger charge is 2.20. The lowest BCUT2D eigenvalue weighted by atomic mass is 10.2. The van der Waals surface area contributed by atoms with Crippen LogP contribution < -0.4 is 4.74 Å². The Bertz CT molecular complexity index is 893. The highest BCUT2D eigenvalue weighted by Crippen LogP contribution is 2.28. The number of benzene rings is 2. The summed E-state index contributed by atoms with van der Waals surface area (Å²) >= 11 is 0. The van der Waals surface area contributed by atoms with Gasteiger partial charge >= 0.3 is 11.7 Å². The second-order valence-electron chi connectivity index (χ2n) is 4.69. The molecule has 24 heavy (non-hydrogen) atoms. The van der Waals surface area contributed by atoms with Crippen LogP contribution in [0.1, 0.15) is 17.3 Å². The van der Waals surface area contributed by atoms with E-state index in [0.29, 0.717) is 0 Å². The van der Waals surface area contributed by atoms with Crippen molar-refractivity contribution >= 4 is 21.5 Å². The molecule has 0 N–H and O–H groups in total. The topological polar surface area (TPSA) is 104 Å². The molecule has 2 aromatic carbocycles. The lowest BCUT2D eigenvalue weighted by Gasteiger charge is -2.06. The summed E-state index contributed by atoms with van der Waals surface area (Å²) in [4.78, 5) is 22.1. The van der Waals surface area contributed by atoms with Gasteiger partial charge in [-0.3, -0.25) is 10.1 Å². The van der Waals surface area contributed by atoms with Gasteiger partial charge in [-0.15, -0.1) is 0 Å². The van der Waals surface area contributed by atoms with Gasteiger partial charge in [0.15, 0.2) is 9.84 Å². The van der Waals surface area contributed by atoms with Gasteiger partial charge in [0, 0.05) is 12.1 Å². The second-order valence-corrected chi connectivity index (χ2v) is 6.96. The monoisotopic (exact) mass is 353 g/mol. The fourth-order valence-electron chi connectivity index (χ4n) is 1.84. The summed E-state index contributed by atoms with van der Waals surface area (Å²) < 4.78 is 41.5. The quantitative estimate of drug-likeness (QED) is 0.354. The van der Waals surface area contributed by atoms with Crippen LogP contribution in [0.2, 0.25) is 0 Å². The SMILES string of the molecule is CCS(=O)(=O)c1ccc(C(=O)Oc2cc(F)ccc2[N+](=O)[O-])cc1. The standard InChI is InChI=1S/C15H12FNO6S/c1-2-24(21,22)12-6-3-10(4-7-12)15(18)23-14-9-11(16)5-8-13(14)17(19)20/h3-9H,2H2,1H3. The Morgan fingerprint density at radius 1 is 1.21 bits per heavy atom. The molecule has 9 heteroatoms. The molecule has 0 aliphatic heterocycles. The average molecular weight is 353 g/mol. The third kappa shape index (κ3) is 3.74. The number of rotatable bonds is 5. The third-order valence-electron chi connectivity index (χ3n) is 3.15. The number of hydrogen-bond acceptors (Lipinski definition) is 6. The Labute approximate surface area is 136 Å². The molecule has 0 radical (unpaired) electrons. The molecule has 0 bridgehead atoms. The molecule has 0 aliphatic carbocycles. The summed E-state index contributed by atoms with van der Waals surface area (Å²) in [6, 6.07) is 7.39. The number of esters is 1. The predicted molar refractivity (Wildman–Crippen MR) is 82.2 cm³/mol. The Morgan fingerprint density at radius 3 is 2.38 bits per heavy atom. The van der Waals surface area contributed by atoms with Crippen molar-refractivity contribution in [1.82, 2.24) is 0 Å². The number of carbonyl (C=O) groups excluding carboxylic acids is 1. The van der Waals surface area contributed by atoms with Crippen LogP contribution in [0.4, 0.5) is 10.1 Å². The molecule has 7 nitrogen and oxygen atoms in total. The highest BCUT2D eigenvalue weighted by molar-refractivity contribution is 7.91. The van der Waals surface area contributed by atoms with Crippen molar-refractivity contribution in [2.24, 2.45) is 0 Å². The third-order valence-corrected chi connectivity index (χ3v) is 4.90. The maximum absolute atomic E-state index is 13.2. The van der Waals surface area contributed by atoms with E-state index in [4.69, 9.17) is 4.74 Å². The van der Waals surface area contributed by atoms with Crippen molar-refractivity contribution in [2.75, 3.05) is 5.75 Å². The zero-order valence-corrected chi connectivity index (χ0v) is 13.2. The molecule has 2 rings (SSSR count). The molecule has 0 saturated carbocycles. The number of nitrogens with zero attached hydrogens (tertiary/aromatic N) is 1. The van der Waals surface area contributed by atoms with Crippen LogP contribution >= 0.6 is 0 Å². The van der Waals surface area contributed by atoms with Crippen LogP contribution in [-0.2, 0) is 9.84 Å². The molecule has 126 valence electrons. The van der Waals surface area contributed by atoms with E-state index >= 15 is 0 Å². The van der Waals surface area contributed by atoms with E-state index in [1.807, 2.05) is 0 Å². The van der Waals surface area contributed by atoms with Crippen molar-refractivity contribution in [3.8, 4) is 5.75 Å². The number of hydrogen-bond donors (Lipinski definition) is 0. The number of carbonyl (C=O) groups is 1. The van der Waals surface area contributed by atoms with Crippen LogP contribution in [0.15, 0.2) is 47.4 Å². The zero-order chi connectivity index (χ0) is 17.9. The van der Waals surface area contributed by atoms with Gasteiger partial charge in [-0.05, 0) is 30.3 Å². The Balaban J connectivity index is 2.28. The van der Waals surface area contributed by atoms with Crippen molar-refractivity contribution in [3.05, 3.63) is 64.0 Å². The summed E-state index contributed by atoms with van der Waals surface area (Å²) in [5, 5.41) is 10.9. The summed E-state index contributed by atoms with van der Waals surface area (Å²) in [5.74, 6) is -2.39. The fraction of sp³-hybridized carbons (Fsp3) is 0.133. The average Bonchev–Trinajstić information content (AvgIpc) is 2.54. The van der Waals surface area contributed by atoms with Gasteiger partial charge in [-0.2, -0.15) is 0 Å². The molecule has 0 aliphatic rings. The van der Waals surface area contributed by atoms with Crippen LogP contribution in [-0.4, -0.2) is 25.1 Å². The summed E-state index contributed by atoms with van der Waals surface area (Å²) in [6.45, 7) is 1.49. The fourth-order valence-corrected chi connectivity index (χ4v) is 2.73. The van der Waals surface area contributed by atoms with Gasteiger partial charge in [0.2, 0.25) is 5.75 Å². The van der Waals surface area contributed by atoms with Gasteiger partial charge in [-0.25, -0.2) is 17.6 Å². The first-order chi connectivity index (χ1) is 11.2. The molecule has 0 spiro atoms. The number of nitro benzene ring substituents is 1. The summed E-state index contributed by atoms with van der Waals surface area (Å²) in [6.07, 6.45) is 0. The minimum Gasteiger partial charge on any atom is -0.415 e. The maximum Gasteiger partial charge on any atom is 0.343 e. The molecule has 0 aromatic heterocycles. The molecule has 0 heterocycles. The molecule has 0 atom stereocenters. The van der Waals surface area contributed by atoms with Crippen molar-refractivity contribution in [3.63, 3.8) is 0 Å². The summed E-state index contributed by atoms with van der Waals surface area (Å²) in [7, 11) is -3.41. The second kappa shape index (κ2) is 6.75. The maximum atomic E-state index is 13.2. The van der Waals surface area contributed by atoms with Crippen LogP contribution in [0, 0.1) is 15.9 Å². The van der Waals surface area contributed by atoms with E-state index < -0.39 is 38.0 Å². The Kier molecular flexibility index (Phi) is 4.93. The number of nitro groups is 1. The molecular weight excluding hydrogens is 341 g/mol. The van der Waals surface area contributed by atoms with E-state index in [1.165, 1.54) is 31.2 Å². The van der Waals surface area contributed by atoms with E-state index in [0.717, 1.165) is 18.2 Å². The first-order valence-corrected chi connectivity index (χ1v) is 8.39. The summed E-state index contributed by atoms with van der Waals surface area (Å²) in [5.41, 5.74) is -0.585. The smallest absolute Gasteiger partial charge is 0.343 e. The van der Waals surface area contributed by atoms with Crippen molar-refractivity contribution < 1.29 is 27.3 Å². The van der Waals surface area contributed by atoms with E-state index in [2.05, 4.69) is 0 Å². The lowest BCUT2D eigenvalue weighted by Crippen LogP contribution is -2.11. The molecular formula is C15H12FNO6S. The van der Waals surface area contributed by atoms with Gasteiger partial charge in [0.05, 0.1) is 21.1 Å². The zero-order valence-electron chi connectivity index (χ0n) is 12.4. The minimum atomic E-state index is -3.41. The highest BCUT2D eigenvalue weighted by atomic mass is 32.2. The molecule has 0 amide bonds.